The summed E-state index contributed by atoms with van der Waals surface area (Å²) in [5.74, 6) is 0.0533. The number of nitrogens with zero attached hydrogens (tertiary/aromatic N) is 3. The molecular weight excluding hydrogens is 402 g/mol. The van der Waals surface area contributed by atoms with Gasteiger partial charge in [0.1, 0.15) is 5.60 Å². The van der Waals surface area contributed by atoms with Crippen LogP contribution in [0.15, 0.2) is 35.5 Å². The lowest BCUT2D eigenvalue weighted by Crippen LogP contribution is -2.40. The molecule has 2 heterocycles. The normalized spacial score (nSPS) is 16.7. The fraction of sp³-hybridized carbons (Fsp3) is 0.545. The number of pyridine rings is 1. The van der Waals surface area contributed by atoms with Gasteiger partial charge in [0, 0.05) is 49.3 Å². The molecule has 0 N–H and O–H groups in total. The number of sulfonamides is 1. The van der Waals surface area contributed by atoms with Crippen LogP contribution < -0.4 is 0 Å². The Hall–Kier alpha value is -2.19. The van der Waals surface area contributed by atoms with Crippen LogP contribution in [0.4, 0.5) is 4.79 Å². The summed E-state index contributed by atoms with van der Waals surface area (Å²) in [6.45, 7) is 10.8. The maximum Gasteiger partial charge on any atom is 0.410 e. The highest BCUT2D eigenvalue weighted by Gasteiger charge is 2.33. The van der Waals surface area contributed by atoms with Gasteiger partial charge in [-0.1, -0.05) is 26.0 Å². The van der Waals surface area contributed by atoms with Crippen molar-refractivity contribution in [3.63, 3.8) is 0 Å². The average molecular weight is 434 g/mol. The van der Waals surface area contributed by atoms with E-state index in [4.69, 9.17) is 4.74 Å². The first-order valence-electron chi connectivity index (χ1n) is 10.4. The molecule has 164 valence electrons. The molecule has 1 aliphatic heterocycles. The predicted octanol–water partition coefficient (Wildman–Crippen LogP) is 3.99. The van der Waals surface area contributed by atoms with Crippen molar-refractivity contribution in [3.8, 4) is 0 Å². The Morgan fingerprint density at radius 1 is 1.10 bits per heavy atom. The molecule has 1 fully saturated rings. The molecule has 7 nitrogen and oxygen atoms in total. The minimum atomic E-state index is -3.75. The molecular formula is C22H31N3O4S. The minimum absolute atomic E-state index is 0.0533. The van der Waals surface area contributed by atoms with E-state index in [0.29, 0.717) is 36.3 Å². The number of hydrogen-bond acceptors (Lipinski definition) is 5. The number of carbonyl (C=O) groups excluding carboxylic acids is 1. The van der Waals surface area contributed by atoms with E-state index in [9.17, 15) is 13.2 Å². The highest BCUT2D eigenvalue weighted by atomic mass is 32.2. The molecule has 0 unspecified atom stereocenters. The lowest BCUT2D eigenvalue weighted by Gasteiger charge is -2.27. The monoisotopic (exact) mass is 433 g/mol. The number of carbonyl (C=O) groups is 1. The van der Waals surface area contributed by atoms with Gasteiger partial charge in [0.25, 0.3) is 0 Å². The molecule has 1 amide bonds. The lowest BCUT2D eigenvalue weighted by atomic mass is 10.00. The quantitative estimate of drug-likeness (QED) is 0.731. The summed E-state index contributed by atoms with van der Waals surface area (Å²) in [4.78, 5) is 18.5. The molecule has 0 atom stereocenters. The summed E-state index contributed by atoms with van der Waals surface area (Å²) >= 11 is 0. The molecule has 2 aromatic rings. The van der Waals surface area contributed by atoms with Crippen LogP contribution in [-0.4, -0.2) is 60.5 Å². The second-order valence-electron chi connectivity index (χ2n) is 8.96. The summed E-state index contributed by atoms with van der Waals surface area (Å²) < 4.78 is 34.5. The van der Waals surface area contributed by atoms with Crippen LogP contribution >= 0.6 is 0 Å². The summed E-state index contributed by atoms with van der Waals surface area (Å²) in [6, 6.07) is 5.56. The molecule has 1 aromatic heterocycles. The molecule has 1 aromatic carbocycles. The van der Waals surface area contributed by atoms with Crippen molar-refractivity contribution in [2.75, 3.05) is 26.2 Å². The standard InChI is InChI=1S/C22H31N3O4S/c1-16(2)18-8-7-17-15-23-10-9-19(17)20(18)30(27,28)25-12-6-11-24(13-14-25)21(26)29-22(3,4)5/h7-10,15-16H,6,11-14H2,1-5H3. The largest absolute Gasteiger partial charge is 0.444 e. The van der Waals surface area contributed by atoms with Crippen LogP contribution in [-0.2, 0) is 14.8 Å². The molecule has 30 heavy (non-hydrogen) atoms. The number of benzene rings is 1. The Bertz CT molecular complexity index is 1030. The Morgan fingerprint density at radius 2 is 1.83 bits per heavy atom. The number of ether oxygens (including phenoxy) is 1. The number of fused-ring (bicyclic) bond motifs is 1. The van der Waals surface area contributed by atoms with Crippen LogP contribution in [0.25, 0.3) is 10.8 Å². The Labute approximate surface area is 179 Å². The maximum atomic E-state index is 13.8. The van der Waals surface area contributed by atoms with E-state index >= 15 is 0 Å². The fourth-order valence-electron chi connectivity index (χ4n) is 3.67. The van der Waals surface area contributed by atoms with Crippen molar-refractivity contribution in [1.82, 2.24) is 14.2 Å². The Balaban J connectivity index is 1.93. The third kappa shape index (κ3) is 4.75. The molecule has 3 rings (SSSR count). The fourth-order valence-corrected chi connectivity index (χ4v) is 5.69. The molecule has 0 spiro atoms. The highest BCUT2D eigenvalue weighted by Crippen LogP contribution is 2.33. The van der Waals surface area contributed by atoms with Crippen molar-refractivity contribution in [3.05, 3.63) is 36.2 Å². The SMILES string of the molecule is CC(C)c1ccc2cnccc2c1S(=O)(=O)N1CCCN(C(=O)OC(C)(C)C)CC1. The molecule has 0 radical (unpaired) electrons. The van der Waals surface area contributed by atoms with Gasteiger partial charge < -0.3 is 9.64 Å². The van der Waals surface area contributed by atoms with Crippen molar-refractivity contribution in [2.24, 2.45) is 0 Å². The number of aromatic nitrogens is 1. The van der Waals surface area contributed by atoms with E-state index in [0.717, 1.165) is 10.9 Å². The zero-order chi connectivity index (χ0) is 22.1. The number of rotatable bonds is 3. The first kappa shape index (κ1) is 22.5. The average Bonchev–Trinajstić information content (AvgIpc) is 2.92. The van der Waals surface area contributed by atoms with Crippen molar-refractivity contribution in [2.45, 2.75) is 57.5 Å². The van der Waals surface area contributed by atoms with Gasteiger partial charge in [-0.05, 0) is 44.7 Å². The van der Waals surface area contributed by atoms with Crippen LogP contribution in [0.2, 0.25) is 0 Å². The van der Waals surface area contributed by atoms with E-state index in [-0.39, 0.29) is 12.5 Å². The minimum Gasteiger partial charge on any atom is -0.444 e. The molecule has 0 bridgehead atoms. The first-order chi connectivity index (χ1) is 14.0. The highest BCUT2D eigenvalue weighted by molar-refractivity contribution is 7.89. The van der Waals surface area contributed by atoms with Crippen LogP contribution in [0.5, 0.6) is 0 Å². The number of hydrogen-bond donors (Lipinski definition) is 0. The Morgan fingerprint density at radius 3 is 2.50 bits per heavy atom. The smallest absolute Gasteiger partial charge is 0.410 e. The van der Waals surface area contributed by atoms with E-state index in [2.05, 4.69) is 4.98 Å². The van der Waals surface area contributed by atoms with Gasteiger partial charge in [-0.15, -0.1) is 0 Å². The van der Waals surface area contributed by atoms with Gasteiger partial charge in [0.15, 0.2) is 0 Å². The van der Waals surface area contributed by atoms with Crippen LogP contribution in [0.3, 0.4) is 0 Å². The van der Waals surface area contributed by atoms with Gasteiger partial charge in [0.05, 0.1) is 4.90 Å². The predicted molar refractivity (Wildman–Crippen MR) is 117 cm³/mol. The molecule has 0 aliphatic carbocycles. The molecule has 1 aliphatic rings. The van der Waals surface area contributed by atoms with Gasteiger partial charge in [-0.25, -0.2) is 13.2 Å². The third-order valence-electron chi connectivity index (χ3n) is 5.13. The van der Waals surface area contributed by atoms with Crippen LogP contribution in [0, 0.1) is 0 Å². The molecule has 1 saturated heterocycles. The zero-order valence-electron chi connectivity index (χ0n) is 18.4. The topological polar surface area (TPSA) is 79.8 Å². The first-order valence-corrected chi connectivity index (χ1v) is 11.8. The summed E-state index contributed by atoms with van der Waals surface area (Å²) in [5, 5.41) is 1.48. The van der Waals surface area contributed by atoms with Gasteiger partial charge in [-0.2, -0.15) is 4.31 Å². The van der Waals surface area contributed by atoms with Crippen molar-refractivity contribution < 1.29 is 17.9 Å². The summed E-state index contributed by atoms with van der Waals surface area (Å²) in [5.41, 5.74) is 0.208. The second kappa shape index (κ2) is 8.51. The van der Waals surface area contributed by atoms with E-state index in [1.165, 1.54) is 4.31 Å². The van der Waals surface area contributed by atoms with Crippen molar-refractivity contribution in [1.29, 1.82) is 0 Å². The van der Waals surface area contributed by atoms with E-state index < -0.39 is 21.7 Å². The Kier molecular flexibility index (Phi) is 6.38. The van der Waals surface area contributed by atoms with Gasteiger partial charge >= 0.3 is 6.09 Å². The van der Waals surface area contributed by atoms with Crippen LogP contribution in [0.1, 0.15) is 52.5 Å². The van der Waals surface area contributed by atoms with Gasteiger partial charge in [0.2, 0.25) is 10.0 Å². The zero-order valence-corrected chi connectivity index (χ0v) is 19.2. The third-order valence-corrected chi connectivity index (χ3v) is 7.14. The lowest BCUT2D eigenvalue weighted by molar-refractivity contribution is 0.0260. The van der Waals surface area contributed by atoms with Gasteiger partial charge in [-0.3, -0.25) is 4.98 Å². The number of amides is 1. The maximum absolute atomic E-state index is 13.8. The second-order valence-corrected chi connectivity index (χ2v) is 10.8. The summed E-state index contributed by atoms with van der Waals surface area (Å²) in [7, 11) is -3.75. The molecule has 8 heteroatoms. The van der Waals surface area contributed by atoms with Crippen molar-refractivity contribution >= 4 is 26.9 Å². The molecule has 0 saturated carbocycles. The van der Waals surface area contributed by atoms with E-state index in [1.807, 2.05) is 46.8 Å². The summed E-state index contributed by atoms with van der Waals surface area (Å²) in [6.07, 6.45) is 3.46. The van der Waals surface area contributed by atoms with E-state index in [1.54, 1.807) is 23.4 Å².